The molecule has 0 spiro atoms. The first-order valence-corrected chi connectivity index (χ1v) is 11.4. The molecule has 0 aliphatic carbocycles. The number of hydrogen-bond donors (Lipinski definition) is 0. The van der Waals surface area contributed by atoms with Crippen LogP contribution in [0.5, 0.6) is 0 Å². The van der Waals surface area contributed by atoms with Gasteiger partial charge in [-0.25, -0.2) is 13.2 Å². The van der Waals surface area contributed by atoms with Gasteiger partial charge in [-0.2, -0.15) is 4.31 Å². The Morgan fingerprint density at radius 1 is 1.07 bits per heavy atom. The Hall–Kier alpha value is -2.03. The van der Waals surface area contributed by atoms with Gasteiger partial charge in [-0.3, -0.25) is 4.79 Å². The van der Waals surface area contributed by atoms with E-state index < -0.39 is 16.0 Å². The third-order valence-electron chi connectivity index (χ3n) is 4.72. The second kappa shape index (κ2) is 8.55. The molecular formula is C20H23NO5S2. The Morgan fingerprint density at radius 3 is 2.29 bits per heavy atom. The normalized spacial score (nSPS) is 15.4. The summed E-state index contributed by atoms with van der Waals surface area (Å²) in [6, 6.07) is 7.45. The Bertz CT molecular complexity index is 971. The number of thiophene rings is 1. The van der Waals surface area contributed by atoms with Crippen molar-refractivity contribution < 1.29 is 22.7 Å². The number of carbonyl (C=O) groups is 2. The van der Waals surface area contributed by atoms with E-state index in [9.17, 15) is 18.0 Å². The molecule has 150 valence electrons. The summed E-state index contributed by atoms with van der Waals surface area (Å²) >= 11 is 1.52. The summed E-state index contributed by atoms with van der Waals surface area (Å²) in [4.78, 5) is 26.5. The molecule has 1 fully saturated rings. The summed E-state index contributed by atoms with van der Waals surface area (Å²) in [5, 5.41) is 0. The van der Waals surface area contributed by atoms with Crippen LogP contribution in [0.3, 0.4) is 0 Å². The Kier molecular flexibility index (Phi) is 6.32. The van der Waals surface area contributed by atoms with Crippen molar-refractivity contribution in [2.75, 3.05) is 19.7 Å². The van der Waals surface area contributed by atoms with E-state index in [1.807, 2.05) is 13.8 Å². The molecule has 1 aromatic carbocycles. The maximum Gasteiger partial charge on any atom is 0.338 e. The van der Waals surface area contributed by atoms with Crippen LogP contribution in [0.1, 0.15) is 49.7 Å². The number of esters is 1. The number of ether oxygens (including phenoxy) is 1. The van der Waals surface area contributed by atoms with Gasteiger partial charge in [0, 0.05) is 28.4 Å². The maximum atomic E-state index is 12.6. The largest absolute Gasteiger partial charge is 0.454 e. The van der Waals surface area contributed by atoms with Crippen LogP contribution in [0.4, 0.5) is 0 Å². The van der Waals surface area contributed by atoms with Crippen molar-refractivity contribution in [2.45, 2.75) is 38.0 Å². The second-order valence-corrected chi connectivity index (χ2v) is 10.2. The number of aryl methyl sites for hydroxylation is 2. The first kappa shape index (κ1) is 20.7. The molecule has 8 heteroatoms. The Balaban J connectivity index is 1.63. The smallest absolute Gasteiger partial charge is 0.338 e. The molecule has 0 N–H and O–H groups in total. The first-order valence-electron chi connectivity index (χ1n) is 9.16. The van der Waals surface area contributed by atoms with E-state index >= 15 is 0 Å². The van der Waals surface area contributed by atoms with E-state index in [1.54, 1.807) is 6.07 Å². The van der Waals surface area contributed by atoms with E-state index in [-0.39, 0.29) is 22.8 Å². The third kappa shape index (κ3) is 4.51. The molecule has 0 radical (unpaired) electrons. The van der Waals surface area contributed by atoms with Gasteiger partial charge in [0.1, 0.15) is 0 Å². The van der Waals surface area contributed by atoms with Gasteiger partial charge < -0.3 is 4.74 Å². The number of Topliss-reactive ketones (excluding diaryl/α,β-unsaturated/α-hetero) is 1. The van der Waals surface area contributed by atoms with Crippen LogP contribution in [0.15, 0.2) is 35.2 Å². The van der Waals surface area contributed by atoms with Crippen LogP contribution in [-0.4, -0.2) is 44.2 Å². The van der Waals surface area contributed by atoms with E-state index in [1.165, 1.54) is 39.9 Å². The lowest BCUT2D eigenvalue weighted by atomic mass is 10.2. The van der Waals surface area contributed by atoms with E-state index in [4.69, 9.17) is 4.74 Å². The molecule has 1 aromatic heterocycles. The predicted octanol–water partition coefficient (Wildman–Crippen LogP) is 3.58. The Labute approximate surface area is 169 Å². The standard InChI is InChI=1S/C20H23NO5S2/c1-14-12-18(15(2)27-14)19(22)13-26-20(23)16-6-8-17(9-7-16)28(24,25)21-10-4-3-5-11-21/h6-9,12H,3-5,10-11,13H2,1-2H3. The summed E-state index contributed by atoms with van der Waals surface area (Å²) in [6.07, 6.45) is 2.77. The van der Waals surface area contributed by atoms with Crippen molar-refractivity contribution in [3.8, 4) is 0 Å². The molecule has 0 amide bonds. The molecule has 1 aliphatic rings. The highest BCUT2D eigenvalue weighted by Crippen LogP contribution is 2.22. The average molecular weight is 422 g/mol. The van der Waals surface area contributed by atoms with Gasteiger partial charge >= 0.3 is 5.97 Å². The summed E-state index contributed by atoms with van der Waals surface area (Å²) in [7, 11) is -3.54. The van der Waals surface area contributed by atoms with Crippen molar-refractivity contribution in [3.05, 3.63) is 51.2 Å². The minimum absolute atomic E-state index is 0.159. The molecule has 28 heavy (non-hydrogen) atoms. The lowest BCUT2D eigenvalue weighted by molar-refractivity contribution is 0.0474. The highest BCUT2D eigenvalue weighted by Gasteiger charge is 2.26. The number of piperidine rings is 1. The van der Waals surface area contributed by atoms with Gasteiger partial charge in [0.15, 0.2) is 6.61 Å². The van der Waals surface area contributed by atoms with Gasteiger partial charge in [0.2, 0.25) is 15.8 Å². The summed E-state index contributed by atoms with van der Waals surface area (Å²) in [6.45, 7) is 4.48. The molecule has 1 saturated heterocycles. The van der Waals surface area contributed by atoms with Gasteiger partial charge in [-0.1, -0.05) is 6.42 Å². The highest BCUT2D eigenvalue weighted by molar-refractivity contribution is 7.89. The van der Waals surface area contributed by atoms with Crippen LogP contribution in [0.2, 0.25) is 0 Å². The maximum absolute atomic E-state index is 12.6. The van der Waals surface area contributed by atoms with Crippen LogP contribution in [-0.2, 0) is 14.8 Å². The fourth-order valence-electron chi connectivity index (χ4n) is 3.22. The zero-order valence-electron chi connectivity index (χ0n) is 15.9. The monoisotopic (exact) mass is 421 g/mol. The quantitative estimate of drug-likeness (QED) is 0.526. The zero-order valence-corrected chi connectivity index (χ0v) is 17.6. The van der Waals surface area contributed by atoms with Gasteiger partial charge in [0.25, 0.3) is 0 Å². The average Bonchev–Trinajstić information content (AvgIpc) is 3.04. The number of rotatable bonds is 6. The molecule has 6 nitrogen and oxygen atoms in total. The molecule has 0 unspecified atom stereocenters. The zero-order chi connectivity index (χ0) is 20.3. The SMILES string of the molecule is Cc1cc(C(=O)COC(=O)c2ccc(S(=O)(=O)N3CCCCC3)cc2)c(C)s1. The van der Waals surface area contributed by atoms with Crippen LogP contribution in [0, 0.1) is 13.8 Å². The van der Waals surface area contributed by atoms with E-state index in [0.29, 0.717) is 18.7 Å². The topological polar surface area (TPSA) is 80.8 Å². The van der Waals surface area contributed by atoms with Crippen molar-refractivity contribution in [1.29, 1.82) is 0 Å². The van der Waals surface area contributed by atoms with Crippen molar-refractivity contribution >= 4 is 33.1 Å². The number of ketones is 1. The van der Waals surface area contributed by atoms with Crippen LogP contribution in [0.25, 0.3) is 0 Å². The highest BCUT2D eigenvalue weighted by atomic mass is 32.2. The first-order chi connectivity index (χ1) is 13.3. The number of hydrogen-bond acceptors (Lipinski definition) is 6. The fraction of sp³-hybridized carbons (Fsp3) is 0.400. The molecule has 3 rings (SSSR count). The lowest BCUT2D eigenvalue weighted by Crippen LogP contribution is -2.35. The van der Waals surface area contributed by atoms with E-state index in [2.05, 4.69) is 0 Å². The molecule has 2 heterocycles. The van der Waals surface area contributed by atoms with Crippen molar-refractivity contribution in [3.63, 3.8) is 0 Å². The number of sulfonamides is 1. The third-order valence-corrected chi connectivity index (χ3v) is 7.60. The molecule has 1 aliphatic heterocycles. The van der Waals surface area contributed by atoms with Crippen molar-refractivity contribution in [1.82, 2.24) is 4.31 Å². The minimum atomic E-state index is -3.54. The Morgan fingerprint density at radius 2 is 1.71 bits per heavy atom. The molecule has 0 saturated carbocycles. The van der Waals surface area contributed by atoms with Crippen molar-refractivity contribution in [2.24, 2.45) is 0 Å². The summed E-state index contributed by atoms with van der Waals surface area (Å²) < 4.78 is 31.9. The summed E-state index contributed by atoms with van der Waals surface area (Å²) in [5.41, 5.74) is 0.780. The number of nitrogens with zero attached hydrogens (tertiary/aromatic N) is 1. The van der Waals surface area contributed by atoms with Crippen LogP contribution < -0.4 is 0 Å². The van der Waals surface area contributed by atoms with Gasteiger partial charge in [-0.15, -0.1) is 11.3 Å². The molecule has 0 bridgehead atoms. The van der Waals surface area contributed by atoms with Crippen LogP contribution >= 0.6 is 11.3 Å². The van der Waals surface area contributed by atoms with Gasteiger partial charge in [-0.05, 0) is 57.0 Å². The predicted molar refractivity (Wildman–Crippen MR) is 107 cm³/mol. The van der Waals surface area contributed by atoms with Gasteiger partial charge in [0.05, 0.1) is 10.5 Å². The molecule has 0 atom stereocenters. The fourth-order valence-corrected chi connectivity index (χ4v) is 5.68. The lowest BCUT2D eigenvalue weighted by Gasteiger charge is -2.25. The molecular weight excluding hydrogens is 398 g/mol. The minimum Gasteiger partial charge on any atom is -0.454 e. The molecule has 2 aromatic rings. The number of benzene rings is 1. The second-order valence-electron chi connectivity index (χ2n) is 6.82. The number of carbonyl (C=O) groups excluding carboxylic acids is 2. The van der Waals surface area contributed by atoms with E-state index in [0.717, 1.165) is 29.0 Å². The summed E-state index contributed by atoms with van der Waals surface area (Å²) in [5.74, 6) is -0.903.